The molecule has 1 nitrogen and oxygen atoms in total. The summed E-state index contributed by atoms with van der Waals surface area (Å²) in [5.41, 5.74) is 1.26. The SMILES string of the molecule is C=CC1CCN(C=Cc2ccccc2)C1. The van der Waals surface area contributed by atoms with Crippen LogP contribution in [0.15, 0.2) is 49.2 Å². The maximum atomic E-state index is 3.84. The topological polar surface area (TPSA) is 3.24 Å². The predicted octanol–water partition coefficient (Wildman–Crippen LogP) is 3.17. The Kier molecular flexibility index (Phi) is 3.23. The molecule has 15 heavy (non-hydrogen) atoms. The Labute approximate surface area is 91.7 Å². The van der Waals surface area contributed by atoms with Crippen LogP contribution in [0.25, 0.3) is 6.08 Å². The summed E-state index contributed by atoms with van der Waals surface area (Å²) in [4.78, 5) is 2.36. The van der Waals surface area contributed by atoms with Crippen LogP contribution in [-0.4, -0.2) is 18.0 Å². The molecule has 1 atom stereocenters. The minimum absolute atomic E-state index is 0.672. The van der Waals surface area contributed by atoms with Crippen molar-refractivity contribution < 1.29 is 0 Å². The van der Waals surface area contributed by atoms with Crippen LogP contribution in [0.5, 0.6) is 0 Å². The second-order valence-corrected chi connectivity index (χ2v) is 4.01. The van der Waals surface area contributed by atoms with Gasteiger partial charge >= 0.3 is 0 Å². The van der Waals surface area contributed by atoms with E-state index in [2.05, 4.69) is 54.1 Å². The van der Waals surface area contributed by atoms with Gasteiger partial charge < -0.3 is 4.90 Å². The van der Waals surface area contributed by atoms with E-state index < -0.39 is 0 Å². The smallest absolute Gasteiger partial charge is 0.0236 e. The highest BCUT2D eigenvalue weighted by molar-refractivity contribution is 5.48. The minimum atomic E-state index is 0.672. The molecular formula is C14H17N. The summed E-state index contributed by atoms with van der Waals surface area (Å²) in [7, 11) is 0. The number of rotatable bonds is 3. The molecule has 0 radical (unpaired) electrons. The molecule has 0 bridgehead atoms. The average Bonchev–Trinajstić information content (AvgIpc) is 2.76. The lowest BCUT2D eigenvalue weighted by Gasteiger charge is -2.11. The van der Waals surface area contributed by atoms with Gasteiger partial charge in [-0.3, -0.25) is 0 Å². The summed E-state index contributed by atoms with van der Waals surface area (Å²) in [6, 6.07) is 10.4. The molecule has 0 saturated carbocycles. The maximum Gasteiger partial charge on any atom is 0.0236 e. The van der Waals surface area contributed by atoms with Crippen molar-refractivity contribution in [1.82, 2.24) is 4.90 Å². The Bertz CT molecular complexity index is 340. The monoisotopic (exact) mass is 199 g/mol. The van der Waals surface area contributed by atoms with Crippen LogP contribution in [-0.2, 0) is 0 Å². The van der Waals surface area contributed by atoms with Crippen LogP contribution in [0.3, 0.4) is 0 Å². The van der Waals surface area contributed by atoms with Crippen molar-refractivity contribution in [2.45, 2.75) is 6.42 Å². The van der Waals surface area contributed by atoms with Crippen LogP contribution in [0, 0.1) is 5.92 Å². The summed E-state index contributed by atoms with van der Waals surface area (Å²) >= 11 is 0. The van der Waals surface area contributed by atoms with E-state index in [-0.39, 0.29) is 0 Å². The molecule has 1 unspecified atom stereocenters. The van der Waals surface area contributed by atoms with Crippen LogP contribution in [0.2, 0.25) is 0 Å². The number of hydrogen-bond acceptors (Lipinski definition) is 1. The molecule has 1 aliphatic rings. The Morgan fingerprint density at radius 1 is 1.27 bits per heavy atom. The highest BCUT2D eigenvalue weighted by Crippen LogP contribution is 2.17. The van der Waals surface area contributed by atoms with Crippen LogP contribution < -0.4 is 0 Å². The van der Waals surface area contributed by atoms with E-state index in [1.165, 1.54) is 12.0 Å². The molecule has 2 rings (SSSR count). The summed E-state index contributed by atoms with van der Waals surface area (Å²) in [5.74, 6) is 0.672. The first-order valence-corrected chi connectivity index (χ1v) is 5.48. The average molecular weight is 199 g/mol. The van der Waals surface area contributed by atoms with Crippen LogP contribution in [0.4, 0.5) is 0 Å². The molecule has 0 spiro atoms. The fraction of sp³-hybridized carbons (Fsp3) is 0.286. The number of nitrogens with zero attached hydrogens (tertiary/aromatic N) is 1. The van der Waals surface area contributed by atoms with Gasteiger partial charge in [0.05, 0.1) is 0 Å². The first-order valence-electron chi connectivity index (χ1n) is 5.48. The third-order valence-electron chi connectivity index (χ3n) is 2.87. The fourth-order valence-corrected chi connectivity index (χ4v) is 1.90. The van der Waals surface area contributed by atoms with E-state index in [0.717, 1.165) is 13.1 Å². The second-order valence-electron chi connectivity index (χ2n) is 4.01. The predicted molar refractivity (Wildman–Crippen MR) is 65.4 cm³/mol. The third kappa shape index (κ3) is 2.72. The molecular weight excluding hydrogens is 182 g/mol. The van der Waals surface area contributed by atoms with Gasteiger partial charge in [-0.25, -0.2) is 0 Å². The zero-order valence-electron chi connectivity index (χ0n) is 8.97. The normalized spacial score (nSPS) is 21.1. The van der Waals surface area contributed by atoms with E-state index in [1.807, 2.05) is 6.07 Å². The molecule has 0 N–H and O–H groups in total. The van der Waals surface area contributed by atoms with Gasteiger partial charge in [0.25, 0.3) is 0 Å². The van der Waals surface area contributed by atoms with Crippen molar-refractivity contribution in [2.75, 3.05) is 13.1 Å². The van der Waals surface area contributed by atoms with Gasteiger partial charge in [0, 0.05) is 13.1 Å². The molecule has 0 aliphatic carbocycles. The Hall–Kier alpha value is -1.50. The molecule has 78 valence electrons. The number of hydrogen-bond donors (Lipinski definition) is 0. The lowest BCUT2D eigenvalue weighted by Crippen LogP contribution is -2.12. The first kappa shape index (κ1) is 10.0. The standard InChI is InChI=1S/C14H17N/c1-2-13-8-10-15(12-13)11-9-14-6-4-3-5-7-14/h2-7,9,11,13H,1,8,10,12H2. The van der Waals surface area contributed by atoms with E-state index in [4.69, 9.17) is 0 Å². The Morgan fingerprint density at radius 3 is 2.73 bits per heavy atom. The second kappa shape index (κ2) is 4.83. The first-order chi connectivity index (χ1) is 7.38. The molecule has 0 amide bonds. The van der Waals surface area contributed by atoms with Crippen molar-refractivity contribution in [1.29, 1.82) is 0 Å². The summed E-state index contributed by atoms with van der Waals surface area (Å²) in [6.45, 7) is 6.12. The van der Waals surface area contributed by atoms with Gasteiger partial charge in [-0.1, -0.05) is 36.4 Å². The van der Waals surface area contributed by atoms with Gasteiger partial charge in [-0.15, -0.1) is 6.58 Å². The maximum absolute atomic E-state index is 3.84. The summed E-state index contributed by atoms with van der Waals surface area (Å²) in [6.07, 6.45) is 7.67. The summed E-state index contributed by atoms with van der Waals surface area (Å²) in [5, 5.41) is 0. The highest BCUT2D eigenvalue weighted by atomic mass is 15.1. The molecule has 0 aromatic heterocycles. The Morgan fingerprint density at radius 2 is 2.07 bits per heavy atom. The van der Waals surface area contributed by atoms with Crippen molar-refractivity contribution in [3.63, 3.8) is 0 Å². The van der Waals surface area contributed by atoms with Crippen molar-refractivity contribution in [3.8, 4) is 0 Å². The van der Waals surface area contributed by atoms with Crippen LogP contribution >= 0.6 is 0 Å². The number of benzene rings is 1. The Balaban J connectivity index is 1.93. The van der Waals surface area contributed by atoms with E-state index in [1.54, 1.807) is 0 Å². The zero-order chi connectivity index (χ0) is 10.5. The highest BCUT2D eigenvalue weighted by Gasteiger charge is 2.16. The van der Waals surface area contributed by atoms with E-state index in [0.29, 0.717) is 5.92 Å². The lowest BCUT2D eigenvalue weighted by molar-refractivity contribution is 0.459. The van der Waals surface area contributed by atoms with Crippen LogP contribution in [0.1, 0.15) is 12.0 Å². The molecule has 1 aliphatic heterocycles. The van der Waals surface area contributed by atoms with Gasteiger partial charge in [0.2, 0.25) is 0 Å². The zero-order valence-corrected chi connectivity index (χ0v) is 8.97. The van der Waals surface area contributed by atoms with Gasteiger partial charge in [0.15, 0.2) is 0 Å². The molecule has 1 saturated heterocycles. The molecule has 1 aromatic rings. The van der Waals surface area contributed by atoms with E-state index in [9.17, 15) is 0 Å². The van der Waals surface area contributed by atoms with Crippen molar-refractivity contribution in [3.05, 3.63) is 54.8 Å². The van der Waals surface area contributed by atoms with Gasteiger partial charge in [0.1, 0.15) is 0 Å². The molecule has 1 heteroatoms. The minimum Gasteiger partial charge on any atom is -0.377 e. The van der Waals surface area contributed by atoms with Gasteiger partial charge in [-0.05, 0) is 30.2 Å². The van der Waals surface area contributed by atoms with Crippen molar-refractivity contribution >= 4 is 6.08 Å². The summed E-state index contributed by atoms with van der Waals surface area (Å²) < 4.78 is 0. The molecule has 1 aromatic carbocycles. The third-order valence-corrected chi connectivity index (χ3v) is 2.87. The quantitative estimate of drug-likeness (QED) is 0.676. The lowest BCUT2D eigenvalue weighted by atomic mass is 10.1. The number of likely N-dealkylation sites (tertiary alicyclic amines) is 1. The van der Waals surface area contributed by atoms with Crippen molar-refractivity contribution in [2.24, 2.45) is 5.92 Å². The fourth-order valence-electron chi connectivity index (χ4n) is 1.90. The molecule has 1 fully saturated rings. The largest absolute Gasteiger partial charge is 0.377 e. The van der Waals surface area contributed by atoms with E-state index >= 15 is 0 Å². The molecule has 1 heterocycles. The van der Waals surface area contributed by atoms with Gasteiger partial charge in [-0.2, -0.15) is 0 Å².